The number of phenols is 1. The second kappa shape index (κ2) is 12.2. The van der Waals surface area contributed by atoms with Gasteiger partial charge in [-0.2, -0.15) is 20.6 Å². The number of nitriles is 1. The summed E-state index contributed by atoms with van der Waals surface area (Å²) >= 11 is 0. The maximum Gasteiger partial charge on any atom is 0.130 e. The van der Waals surface area contributed by atoms with Crippen molar-refractivity contribution < 1.29 is 5.11 Å². The van der Waals surface area contributed by atoms with Gasteiger partial charge in [0.2, 0.25) is 0 Å². The molecule has 0 saturated carbocycles. The molecule has 0 amide bonds. The molecule has 0 bridgehead atoms. The van der Waals surface area contributed by atoms with E-state index < -0.39 is 0 Å². The lowest BCUT2D eigenvalue weighted by molar-refractivity contribution is 0.378. The maximum absolute atomic E-state index is 11.7. The fraction of sp³-hybridized carbons (Fsp3) is 0.250. The van der Waals surface area contributed by atoms with Crippen molar-refractivity contribution in [2.45, 2.75) is 51.4 Å². The van der Waals surface area contributed by atoms with Gasteiger partial charge in [-0.1, -0.05) is 52.0 Å². The van der Waals surface area contributed by atoms with Crippen molar-refractivity contribution in [2.75, 3.05) is 18.0 Å². The van der Waals surface area contributed by atoms with E-state index >= 15 is 0 Å². The fourth-order valence-electron chi connectivity index (χ4n) is 6.71. The van der Waals surface area contributed by atoms with Gasteiger partial charge in [0.15, 0.2) is 0 Å². The van der Waals surface area contributed by atoms with Gasteiger partial charge < -0.3 is 10.0 Å². The molecular weight excluding hydrogens is 594 g/mol. The van der Waals surface area contributed by atoms with Crippen LogP contribution in [0.2, 0.25) is 0 Å². The topological polar surface area (TPSA) is 109 Å². The molecule has 1 N–H and O–H groups in total. The molecule has 2 heterocycles. The van der Waals surface area contributed by atoms with Crippen molar-refractivity contribution in [3.8, 4) is 11.8 Å². The van der Waals surface area contributed by atoms with Gasteiger partial charge in [0.25, 0.3) is 0 Å². The van der Waals surface area contributed by atoms with Crippen LogP contribution >= 0.6 is 0 Å². The molecule has 5 aromatic rings. The monoisotopic (exact) mass is 631 g/mol. The van der Waals surface area contributed by atoms with Crippen LogP contribution in [0, 0.1) is 11.3 Å². The number of aromatic hydroxyl groups is 1. The number of phenolic OH excluding ortho intramolecular Hbond substituents is 1. The lowest BCUT2D eigenvalue weighted by Gasteiger charge is -2.48. The Bertz CT molecular complexity index is 2150. The normalized spacial score (nSPS) is 16.5. The molecule has 0 aliphatic carbocycles. The Morgan fingerprint density at radius 1 is 0.708 bits per heavy atom. The van der Waals surface area contributed by atoms with Crippen LogP contribution in [0.4, 0.5) is 34.1 Å². The quantitative estimate of drug-likeness (QED) is 0.149. The smallest absolute Gasteiger partial charge is 0.130 e. The van der Waals surface area contributed by atoms with Crippen molar-refractivity contribution in [1.29, 1.82) is 5.26 Å². The SMILES string of the molecule is CC1(C)CCN2CCC(C)(C)c3c(O)c(C=Nc4ccc(N=Nc5ccc(N=Nc6ccc(C#N)cc6)cc5)c5ccccc45)cc1c32. The summed E-state index contributed by atoms with van der Waals surface area (Å²) < 4.78 is 0. The van der Waals surface area contributed by atoms with Crippen LogP contribution in [0.25, 0.3) is 10.8 Å². The van der Waals surface area contributed by atoms with E-state index in [1.165, 1.54) is 11.3 Å². The Labute approximate surface area is 280 Å². The molecule has 2 aliphatic heterocycles. The molecule has 8 nitrogen and oxygen atoms in total. The number of aliphatic imine (C=N–C) groups is 1. The van der Waals surface area contributed by atoms with Gasteiger partial charge in [0.05, 0.1) is 40.1 Å². The number of rotatable bonds is 6. The van der Waals surface area contributed by atoms with Crippen molar-refractivity contribution >= 4 is 51.1 Å². The maximum atomic E-state index is 11.7. The summed E-state index contributed by atoms with van der Waals surface area (Å²) in [5.74, 6) is 0.335. The first kappa shape index (κ1) is 30.9. The molecule has 0 saturated heterocycles. The highest BCUT2D eigenvalue weighted by molar-refractivity contribution is 6.02. The third-order valence-electron chi connectivity index (χ3n) is 9.66. The number of hydrogen-bond acceptors (Lipinski definition) is 8. The number of azo groups is 2. The average Bonchev–Trinajstić information content (AvgIpc) is 3.09. The Balaban J connectivity index is 1.16. The molecular formula is C40H37N7O. The molecule has 0 fully saturated rings. The van der Waals surface area contributed by atoms with Crippen molar-refractivity contribution in [1.82, 2.24) is 0 Å². The average molecular weight is 632 g/mol. The first-order chi connectivity index (χ1) is 23.1. The second-order valence-electron chi connectivity index (χ2n) is 13.8. The third-order valence-corrected chi connectivity index (χ3v) is 9.66. The van der Waals surface area contributed by atoms with Crippen LogP contribution in [0.5, 0.6) is 5.75 Å². The number of benzene rings is 5. The van der Waals surface area contributed by atoms with Crippen molar-refractivity contribution in [3.63, 3.8) is 0 Å². The summed E-state index contributed by atoms with van der Waals surface area (Å²) in [5.41, 5.74) is 8.36. The highest BCUT2D eigenvalue weighted by Crippen LogP contribution is 2.53. The van der Waals surface area contributed by atoms with Gasteiger partial charge in [-0.05, 0) is 96.0 Å². The molecule has 5 aromatic carbocycles. The minimum absolute atomic E-state index is 0.0141. The Morgan fingerprint density at radius 2 is 1.25 bits per heavy atom. The summed E-state index contributed by atoms with van der Waals surface area (Å²) in [6, 6.07) is 30.5. The standard InChI is InChI=1S/C40H37N7O/c1-39(2)19-21-47-22-20-40(3,4)36-37(47)33(39)23-27(38(36)48)25-42-34-17-18-35(32-8-6-5-7-31(32)34)46-45-30-15-13-29(14-16-30)44-43-28-11-9-26(24-41)10-12-28/h5-18,23,25,48H,19-22H2,1-4H3. The molecule has 0 unspecified atom stereocenters. The van der Waals surface area contributed by atoms with E-state index in [4.69, 9.17) is 10.3 Å². The molecule has 7 rings (SSSR count). The largest absolute Gasteiger partial charge is 0.507 e. The van der Waals surface area contributed by atoms with Gasteiger partial charge in [0, 0.05) is 46.9 Å². The highest BCUT2D eigenvalue weighted by Gasteiger charge is 2.42. The van der Waals surface area contributed by atoms with Gasteiger partial charge in [-0.3, -0.25) is 4.99 Å². The van der Waals surface area contributed by atoms with Crippen LogP contribution in [0.15, 0.2) is 116 Å². The van der Waals surface area contributed by atoms with E-state index in [0.29, 0.717) is 28.4 Å². The van der Waals surface area contributed by atoms with Gasteiger partial charge in [-0.25, -0.2) is 0 Å². The van der Waals surface area contributed by atoms with E-state index in [-0.39, 0.29) is 10.8 Å². The van der Waals surface area contributed by atoms with Crippen LogP contribution in [-0.4, -0.2) is 24.4 Å². The van der Waals surface area contributed by atoms with E-state index in [1.807, 2.05) is 66.9 Å². The predicted octanol–water partition coefficient (Wildman–Crippen LogP) is 11.2. The molecule has 2 aliphatic rings. The third kappa shape index (κ3) is 5.84. The Hall–Kier alpha value is -5.68. The Kier molecular flexibility index (Phi) is 7.84. The fourth-order valence-corrected chi connectivity index (χ4v) is 6.71. The summed E-state index contributed by atoms with van der Waals surface area (Å²) in [5, 5.41) is 40.1. The minimum Gasteiger partial charge on any atom is -0.507 e. The highest BCUT2D eigenvalue weighted by atomic mass is 16.3. The molecule has 0 radical (unpaired) electrons. The molecule has 0 atom stereocenters. The number of fused-ring (bicyclic) bond motifs is 1. The molecule has 0 spiro atoms. The van der Waals surface area contributed by atoms with Crippen LogP contribution < -0.4 is 4.90 Å². The summed E-state index contributed by atoms with van der Waals surface area (Å²) in [7, 11) is 0. The zero-order valence-corrected chi connectivity index (χ0v) is 27.6. The van der Waals surface area contributed by atoms with Crippen molar-refractivity contribution in [2.24, 2.45) is 25.4 Å². The first-order valence-corrected chi connectivity index (χ1v) is 16.3. The van der Waals surface area contributed by atoms with E-state index in [2.05, 4.69) is 65.2 Å². The number of nitrogens with zero attached hydrogens (tertiary/aromatic N) is 7. The molecule has 238 valence electrons. The zero-order valence-electron chi connectivity index (χ0n) is 27.6. The van der Waals surface area contributed by atoms with Gasteiger partial charge in [0.1, 0.15) is 5.75 Å². The van der Waals surface area contributed by atoms with Crippen LogP contribution in [0.1, 0.15) is 62.8 Å². The predicted molar refractivity (Wildman–Crippen MR) is 193 cm³/mol. The molecule has 48 heavy (non-hydrogen) atoms. The first-order valence-electron chi connectivity index (χ1n) is 16.3. The second-order valence-corrected chi connectivity index (χ2v) is 13.8. The van der Waals surface area contributed by atoms with E-state index in [0.717, 1.165) is 59.2 Å². The lowest BCUT2D eigenvalue weighted by Crippen LogP contribution is -2.44. The number of anilines is 1. The summed E-state index contributed by atoms with van der Waals surface area (Å²) in [6.07, 6.45) is 3.90. The minimum atomic E-state index is -0.127. The molecule has 0 aromatic heterocycles. The zero-order chi connectivity index (χ0) is 33.5. The Morgan fingerprint density at radius 3 is 1.88 bits per heavy atom. The number of hydrogen-bond donors (Lipinski definition) is 1. The van der Waals surface area contributed by atoms with Crippen molar-refractivity contribution in [3.05, 3.63) is 113 Å². The van der Waals surface area contributed by atoms with Gasteiger partial charge in [-0.15, -0.1) is 5.11 Å². The van der Waals surface area contributed by atoms with E-state index in [9.17, 15) is 5.11 Å². The summed E-state index contributed by atoms with van der Waals surface area (Å²) in [6.45, 7) is 11.1. The summed E-state index contributed by atoms with van der Waals surface area (Å²) in [4.78, 5) is 7.39. The lowest BCUT2D eigenvalue weighted by atomic mass is 9.69. The van der Waals surface area contributed by atoms with Crippen LogP contribution in [-0.2, 0) is 10.8 Å². The van der Waals surface area contributed by atoms with E-state index in [1.54, 1.807) is 24.3 Å². The van der Waals surface area contributed by atoms with Crippen LogP contribution in [0.3, 0.4) is 0 Å². The molecule has 8 heteroatoms. The van der Waals surface area contributed by atoms with Gasteiger partial charge >= 0.3 is 0 Å².